The molecule has 1 fully saturated rings. The summed E-state index contributed by atoms with van der Waals surface area (Å²) < 4.78 is 0. The molecule has 76 valence electrons. The fourth-order valence-electron chi connectivity index (χ4n) is 1.56. The van der Waals surface area contributed by atoms with Crippen molar-refractivity contribution in [3.63, 3.8) is 0 Å². The van der Waals surface area contributed by atoms with Crippen LogP contribution in [0.3, 0.4) is 0 Å². The molecule has 0 aromatic heterocycles. The first-order valence-corrected chi connectivity index (χ1v) is 5.34. The molecule has 2 rings (SSSR count). The molecule has 3 heteroatoms. The van der Waals surface area contributed by atoms with Crippen LogP contribution in [0.4, 0.5) is 0 Å². The molecule has 0 aliphatic heterocycles. The first-order chi connectivity index (χ1) is 6.75. The molecule has 0 unspecified atom stereocenters. The Balaban J connectivity index is 1.96. The number of aromatic hydroxyl groups is 1. The van der Waals surface area contributed by atoms with Crippen LogP contribution in [-0.2, 0) is 6.54 Å². The van der Waals surface area contributed by atoms with E-state index in [9.17, 15) is 5.11 Å². The van der Waals surface area contributed by atoms with Crippen LogP contribution in [0.2, 0.25) is 5.02 Å². The Bertz CT molecular complexity index is 323. The maximum Gasteiger partial charge on any atom is 0.120 e. The number of phenols is 1. The minimum absolute atomic E-state index is 0.321. The predicted octanol–water partition coefficient (Wildman–Crippen LogP) is 2.69. The van der Waals surface area contributed by atoms with Gasteiger partial charge in [0.05, 0.1) is 0 Å². The number of phenolic OH excluding ortho intramolecular Hbond substituents is 1. The van der Waals surface area contributed by atoms with Crippen LogP contribution in [-0.4, -0.2) is 11.1 Å². The highest BCUT2D eigenvalue weighted by molar-refractivity contribution is 6.30. The van der Waals surface area contributed by atoms with Gasteiger partial charge in [0, 0.05) is 23.2 Å². The van der Waals surface area contributed by atoms with E-state index in [1.54, 1.807) is 12.1 Å². The quantitative estimate of drug-likeness (QED) is 0.806. The van der Waals surface area contributed by atoms with Crippen molar-refractivity contribution in [1.29, 1.82) is 0 Å². The smallest absolute Gasteiger partial charge is 0.120 e. The molecule has 0 spiro atoms. The molecular formula is C11H14ClNO. The molecule has 0 heterocycles. The van der Waals surface area contributed by atoms with E-state index in [1.165, 1.54) is 19.3 Å². The van der Waals surface area contributed by atoms with Crippen LogP contribution in [0.5, 0.6) is 5.75 Å². The van der Waals surface area contributed by atoms with Crippen LogP contribution in [0.15, 0.2) is 18.2 Å². The van der Waals surface area contributed by atoms with Gasteiger partial charge in [0.25, 0.3) is 0 Å². The SMILES string of the molecule is Oc1ccc(Cl)cc1CNC1CCC1. The van der Waals surface area contributed by atoms with Crippen molar-refractivity contribution in [3.05, 3.63) is 28.8 Å². The molecule has 1 aliphatic carbocycles. The highest BCUT2D eigenvalue weighted by Gasteiger charge is 2.16. The highest BCUT2D eigenvalue weighted by Crippen LogP contribution is 2.23. The summed E-state index contributed by atoms with van der Waals surface area (Å²) in [5, 5.41) is 13.6. The molecule has 0 atom stereocenters. The van der Waals surface area contributed by atoms with Gasteiger partial charge in [0.2, 0.25) is 0 Å². The molecule has 0 saturated heterocycles. The molecule has 2 N–H and O–H groups in total. The van der Waals surface area contributed by atoms with Crippen molar-refractivity contribution in [1.82, 2.24) is 5.32 Å². The van der Waals surface area contributed by atoms with Gasteiger partial charge < -0.3 is 10.4 Å². The molecule has 1 saturated carbocycles. The second kappa shape index (κ2) is 4.20. The largest absolute Gasteiger partial charge is 0.508 e. The summed E-state index contributed by atoms with van der Waals surface area (Å²) in [6.07, 6.45) is 3.82. The number of halogens is 1. The highest BCUT2D eigenvalue weighted by atomic mass is 35.5. The van der Waals surface area contributed by atoms with Crippen molar-refractivity contribution in [2.45, 2.75) is 31.8 Å². The Morgan fingerprint density at radius 3 is 2.86 bits per heavy atom. The lowest BCUT2D eigenvalue weighted by Gasteiger charge is -2.26. The van der Waals surface area contributed by atoms with E-state index in [1.807, 2.05) is 6.07 Å². The number of nitrogens with one attached hydrogen (secondary N) is 1. The van der Waals surface area contributed by atoms with Gasteiger partial charge in [-0.05, 0) is 31.0 Å². The van der Waals surface area contributed by atoms with E-state index in [0.29, 0.717) is 23.4 Å². The molecule has 0 radical (unpaired) electrons. The zero-order valence-corrected chi connectivity index (χ0v) is 8.72. The summed E-state index contributed by atoms with van der Waals surface area (Å²) in [6.45, 7) is 0.705. The van der Waals surface area contributed by atoms with E-state index in [0.717, 1.165) is 5.56 Å². The van der Waals surface area contributed by atoms with Crippen molar-refractivity contribution < 1.29 is 5.11 Å². The van der Waals surface area contributed by atoms with E-state index < -0.39 is 0 Å². The Morgan fingerprint density at radius 1 is 1.43 bits per heavy atom. The Labute approximate surface area is 88.9 Å². The lowest BCUT2D eigenvalue weighted by atomic mass is 9.93. The number of benzene rings is 1. The van der Waals surface area contributed by atoms with Gasteiger partial charge in [-0.15, -0.1) is 0 Å². The maximum atomic E-state index is 9.54. The zero-order chi connectivity index (χ0) is 9.97. The minimum Gasteiger partial charge on any atom is -0.508 e. The van der Waals surface area contributed by atoms with E-state index in [2.05, 4.69) is 5.32 Å². The third kappa shape index (κ3) is 2.20. The first kappa shape index (κ1) is 9.81. The molecule has 1 aromatic rings. The van der Waals surface area contributed by atoms with Crippen LogP contribution in [0, 0.1) is 0 Å². The lowest BCUT2D eigenvalue weighted by Crippen LogP contribution is -2.34. The Morgan fingerprint density at radius 2 is 2.21 bits per heavy atom. The van der Waals surface area contributed by atoms with Crippen molar-refractivity contribution in [2.24, 2.45) is 0 Å². The molecule has 2 nitrogen and oxygen atoms in total. The average molecular weight is 212 g/mol. The fraction of sp³-hybridized carbons (Fsp3) is 0.455. The maximum absolute atomic E-state index is 9.54. The average Bonchev–Trinajstić information content (AvgIpc) is 2.08. The van der Waals surface area contributed by atoms with Crippen LogP contribution in [0.1, 0.15) is 24.8 Å². The predicted molar refractivity (Wildman–Crippen MR) is 57.6 cm³/mol. The third-order valence-electron chi connectivity index (χ3n) is 2.73. The monoisotopic (exact) mass is 211 g/mol. The second-order valence-electron chi connectivity index (χ2n) is 3.78. The normalized spacial score (nSPS) is 16.6. The summed E-state index contributed by atoms with van der Waals surface area (Å²) in [4.78, 5) is 0. The number of rotatable bonds is 3. The van der Waals surface area contributed by atoms with Crippen LogP contribution < -0.4 is 5.32 Å². The summed E-state index contributed by atoms with van der Waals surface area (Å²) >= 11 is 5.84. The van der Waals surface area contributed by atoms with Gasteiger partial charge in [0.1, 0.15) is 5.75 Å². The Hall–Kier alpha value is -0.730. The topological polar surface area (TPSA) is 32.3 Å². The van der Waals surface area contributed by atoms with Crippen LogP contribution >= 0.6 is 11.6 Å². The fourth-order valence-corrected chi connectivity index (χ4v) is 1.76. The first-order valence-electron chi connectivity index (χ1n) is 4.96. The van der Waals surface area contributed by atoms with Crippen molar-refractivity contribution in [2.75, 3.05) is 0 Å². The number of hydrogen-bond acceptors (Lipinski definition) is 2. The third-order valence-corrected chi connectivity index (χ3v) is 2.96. The molecular weight excluding hydrogens is 198 g/mol. The van der Waals surface area contributed by atoms with E-state index >= 15 is 0 Å². The lowest BCUT2D eigenvalue weighted by molar-refractivity contribution is 0.336. The summed E-state index contributed by atoms with van der Waals surface area (Å²) in [7, 11) is 0. The molecule has 1 aromatic carbocycles. The summed E-state index contributed by atoms with van der Waals surface area (Å²) in [5.74, 6) is 0.321. The van der Waals surface area contributed by atoms with Gasteiger partial charge in [-0.25, -0.2) is 0 Å². The number of hydrogen-bond donors (Lipinski definition) is 2. The zero-order valence-electron chi connectivity index (χ0n) is 7.96. The van der Waals surface area contributed by atoms with Crippen molar-refractivity contribution >= 4 is 11.6 Å². The Kier molecular flexibility index (Phi) is 2.94. The molecule has 1 aliphatic rings. The van der Waals surface area contributed by atoms with Crippen LogP contribution in [0.25, 0.3) is 0 Å². The van der Waals surface area contributed by atoms with Gasteiger partial charge in [-0.3, -0.25) is 0 Å². The molecule has 0 amide bonds. The van der Waals surface area contributed by atoms with Gasteiger partial charge in [-0.1, -0.05) is 18.0 Å². The minimum atomic E-state index is 0.321. The van der Waals surface area contributed by atoms with Gasteiger partial charge in [-0.2, -0.15) is 0 Å². The van der Waals surface area contributed by atoms with Gasteiger partial charge in [0.15, 0.2) is 0 Å². The standard InChI is InChI=1S/C11H14ClNO/c12-9-4-5-11(14)8(6-9)7-13-10-2-1-3-10/h4-6,10,13-14H,1-3,7H2. The van der Waals surface area contributed by atoms with E-state index in [-0.39, 0.29) is 0 Å². The summed E-state index contributed by atoms with van der Waals surface area (Å²) in [6, 6.07) is 5.78. The summed E-state index contributed by atoms with van der Waals surface area (Å²) in [5.41, 5.74) is 0.879. The second-order valence-corrected chi connectivity index (χ2v) is 4.22. The van der Waals surface area contributed by atoms with Gasteiger partial charge >= 0.3 is 0 Å². The van der Waals surface area contributed by atoms with Crippen molar-refractivity contribution in [3.8, 4) is 5.75 Å². The van der Waals surface area contributed by atoms with E-state index in [4.69, 9.17) is 11.6 Å². The molecule has 14 heavy (non-hydrogen) atoms. The molecule has 0 bridgehead atoms.